The van der Waals surface area contributed by atoms with Gasteiger partial charge in [0.05, 0.1) is 10.0 Å². The van der Waals surface area contributed by atoms with Gasteiger partial charge in [-0.25, -0.2) is 8.42 Å². The minimum Gasteiger partial charge on any atom is -0.329 e. The Bertz CT molecular complexity index is 598. The second-order valence-corrected chi connectivity index (χ2v) is 7.87. The lowest BCUT2D eigenvalue weighted by Gasteiger charge is -2.23. The van der Waals surface area contributed by atoms with Crippen molar-refractivity contribution in [2.75, 3.05) is 13.1 Å². The number of halogens is 4. The molecule has 1 unspecified atom stereocenters. The third kappa shape index (κ3) is 3.43. The molecule has 1 saturated heterocycles. The van der Waals surface area contributed by atoms with Crippen molar-refractivity contribution >= 4 is 61.6 Å². The van der Waals surface area contributed by atoms with Crippen LogP contribution in [0.5, 0.6) is 0 Å². The zero-order valence-electron chi connectivity index (χ0n) is 10.4. The molecule has 2 N–H and O–H groups in total. The summed E-state index contributed by atoms with van der Waals surface area (Å²) < 4.78 is 27.1. The average Bonchev–Trinajstić information content (AvgIpc) is 2.82. The van der Waals surface area contributed by atoms with E-state index in [4.69, 9.17) is 28.9 Å². The summed E-state index contributed by atoms with van der Waals surface area (Å²) in [6, 6.07) is 2.70. The van der Waals surface area contributed by atoms with Gasteiger partial charge in [0.2, 0.25) is 10.0 Å². The maximum atomic E-state index is 12.6. The normalized spacial score (nSPS) is 19.9. The van der Waals surface area contributed by atoms with Crippen LogP contribution in [-0.2, 0) is 10.0 Å². The van der Waals surface area contributed by atoms with Gasteiger partial charge in [-0.15, -0.1) is 12.4 Å². The molecule has 1 aliphatic heterocycles. The summed E-state index contributed by atoms with van der Waals surface area (Å²) in [5, 5.41) is 0.497. The van der Waals surface area contributed by atoms with Crippen LogP contribution < -0.4 is 5.73 Å². The molecule has 1 heterocycles. The van der Waals surface area contributed by atoms with Crippen molar-refractivity contribution in [3.63, 3.8) is 0 Å². The van der Waals surface area contributed by atoms with Gasteiger partial charge in [0, 0.05) is 23.6 Å². The van der Waals surface area contributed by atoms with Crippen LogP contribution in [0.1, 0.15) is 12.8 Å². The smallest absolute Gasteiger partial charge is 0.244 e. The molecule has 1 aliphatic rings. The Kier molecular flexibility index (Phi) is 6.59. The largest absolute Gasteiger partial charge is 0.329 e. The maximum Gasteiger partial charge on any atom is 0.244 e. The summed E-state index contributed by atoms with van der Waals surface area (Å²) in [5.41, 5.74) is 5.62. The van der Waals surface area contributed by atoms with E-state index in [2.05, 4.69) is 15.9 Å². The fraction of sp³-hybridized carbons (Fsp3) is 0.455. The third-order valence-corrected chi connectivity index (χ3v) is 6.77. The highest BCUT2D eigenvalue weighted by Gasteiger charge is 2.35. The zero-order valence-corrected chi connectivity index (χ0v) is 15.1. The van der Waals surface area contributed by atoms with Crippen LogP contribution in [0.25, 0.3) is 0 Å². The molecule has 4 nitrogen and oxygen atoms in total. The molecule has 114 valence electrons. The number of rotatable bonds is 3. The van der Waals surface area contributed by atoms with Crippen LogP contribution in [0.4, 0.5) is 0 Å². The molecule has 0 bridgehead atoms. The standard InChI is InChI=1S/C11H13BrCl2N2O2S.ClH/c12-8-4-11(10(14)5-9(8)13)19(17,18)16-3-1-2-7(16)6-15;/h4-5,7H,1-3,6,15H2;1H. The van der Waals surface area contributed by atoms with Crippen LogP contribution in [0.2, 0.25) is 10.0 Å². The molecule has 1 atom stereocenters. The summed E-state index contributed by atoms with van der Waals surface area (Å²) >= 11 is 15.1. The van der Waals surface area contributed by atoms with Crippen LogP contribution in [0, 0.1) is 0 Å². The van der Waals surface area contributed by atoms with Crippen molar-refractivity contribution in [3.8, 4) is 0 Å². The highest BCUT2D eigenvalue weighted by Crippen LogP contribution is 2.35. The summed E-state index contributed by atoms with van der Waals surface area (Å²) in [6.07, 6.45) is 1.59. The van der Waals surface area contributed by atoms with Gasteiger partial charge in [0.15, 0.2) is 0 Å². The van der Waals surface area contributed by atoms with Gasteiger partial charge < -0.3 is 5.73 Å². The average molecular weight is 425 g/mol. The van der Waals surface area contributed by atoms with E-state index in [1.807, 2.05) is 0 Å². The minimum absolute atomic E-state index is 0. The Morgan fingerprint density at radius 2 is 2.00 bits per heavy atom. The molecule has 20 heavy (non-hydrogen) atoms. The van der Waals surface area contributed by atoms with Crippen LogP contribution >= 0.6 is 51.5 Å². The lowest BCUT2D eigenvalue weighted by Crippen LogP contribution is -2.39. The molecule has 9 heteroatoms. The Hall–Kier alpha value is 0.440. The summed E-state index contributed by atoms with van der Waals surface area (Å²) in [5.74, 6) is 0. The highest BCUT2D eigenvalue weighted by atomic mass is 79.9. The second kappa shape index (κ2) is 7.13. The van der Waals surface area contributed by atoms with E-state index < -0.39 is 10.0 Å². The van der Waals surface area contributed by atoms with E-state index in [1.54, 1.807) is 0 Å². The van der Waals surface area contributed by atoms with Gasteiger partial charge >= 0.3 is 0 Å². The quantitative estimate of drug-likeness (QED) is 0.758. The van der Waals surface area contributed by atoms with Gasteiger partial charge in [0.25, 0.3) is 0 Å². The van der Waals surface area contributed by atoms with E-state index in [0.717, 1.165) is 12.8 Å². The maximum absolute atomic E-state index is 12.6. The molecule has 1 fully saturated rings. The Morgan fingerprint density at radius 3 is 2.60 bits per heavy atom. The van der Waals surface area contributed by atoms with Crippen LogP contribution in [0.3, 0.4) is 0 Å². The SMILES string of the molecule is Cl.NCC1CCCN1S(=O)(=O)c1cc(Br)c(Cl)cc1Cl. The first-order chi connectivity index (χ1) is 8.87. The van der Waals surface area contributed by atoms with E-state index in [0.29, 0.717) is 22.6 Å². The lowest BCUT2D eigenvalue weighted by atomic mass is 10.2. The number of benzene rings is 1. The number of nitrogens with zero attached hydrogens (tertiary/aromatic N) is 1. The topological polar surface area (TPSA) is 63.4 Å². The van der Waals surface area contributed by atoms with E-state index in [1.165, 1.54) is 16.4 Å². The summed E-state index contributed by atoms with van der Waals surface area (Å²) in [7, 11) is -3.64. The monoisotopic (exact) mass is 422 g/mol. The van der Waals surface area contributed by atoms with Gasteiger partial charge in [-0.2, -0.15) is 4.31 Å². The first-order valence-corrected chi connectivity index (χ1v) is 8.73. The number of hydrogen-bond acceptors (Lipinski definition) is 3. The molecule has 0 aliphatic carbocycles. The van der Waals surface area contributed by atoms with E-state index in [-0.39, 0.29) is 28.4 Å². The van der Waals surface area contributed by atoms with Crippen molar-refractivity contribution in [1.29, 1.82) is 0 Å². The summed E-state index contributed by atoms with van der Waals surface area (Å²) in [6.45, 7) is 0.784. The minimum atomic E-state index is -3.64. The van der Waals surface area contributed by atoms with Gasteiger partial charge in [0.1, 0.15) is 4.90 Å². The van der Waals surface area contributed by atoms with Gasteiger partial charge in [-0.3, -0.25) is 0 Å². The van der Waals surface area contributed by atoms with Crippen molar-refractivity contribution < 1.29 is 8.42 Å². The van der Waals surface area contributed by atoms with E-state index >= 15 is 0 Å². The fourth-order valence-corrected chi connectivity index (χ4v) is 5.14. The molecule has 1 aromatic carbocycles. The second-order valence-electron chi connectivity index (χ2n) is 4.34. The van der Waals surface area contributed by atoms with Crippen LogP contribution in [0.15, 0.2) is 21.5 Å². The number of sulfonamides is 1. The first-order valence-electron chi connectivity index (χ1n) is 5.74. The first kappa shape index (κ1) is 18.5. The third-order valence-electron chi connectivity index (χ3n) is 3.16. The van der Waals surface area contributed by atoms with Crippen molar-refractivity contribution in [3.05, 3.63) is 26.7 Å². The molecule has 0 saturated carbocycles. The molecule has 0 aromatic heterocycles. The van der Waals surface area contributed by atoms with E-state index in [9.17, 15) is 8.42 Å². The Labute approximate surface area is 143 Å². The van der Waals surface area contributed by atoms with Crippen molar-refractivity contribution in [2.24, 2.45) is 5.73 Å². The molecular weight excluding hydrogens is 410 g/mol. The molecule has 0 spiro atoms. The molecule has 0 amide bonds. The lowest BCUT2D eigenvalue weighted by molar-refractivity contribution is 0.393. The fourth-order valence-electron chi connectivity index (χ4n) is 2.19. The van der Waals surface area contributed by atoms with Crippen molar-refractivity contribution in [1.82, 2.24) is 4.31 Å². The van der Waals surface area contributed by atoms with Crippen LogP contribution in [-0.4, -0.2) is 31.9 Å². The molecule has 0 radical (unpaired) electrons. The predicted molar refractivity (Wildman–Crippen MR) is 87.4 cm³/mol. The Morgan fingerprint density at radius 1 is 1.35 bits per heavy atom. The molecule has 2 rings (SSSR count). The van der Waals surface area contributed by atoms with Gasteiger partial charge in [-0.1, -0.05) is 23.2 Å². The summed E-state index contributed by atoms with van der Waals surface area (Å²) in [4.78, 5) is 0.0609. The number of hydrogen-bond donors (Lipinski definition) is 1. The number of nitrogens with two attached hydrogens (primary N) is 1. The molecule has 1 aromatic rings. The molecular formula is C11H14BrCl3N2O2S. The van der Waals surface area contributed by atoms with Crippen molar-refractivity contribution in [2.45, 2.75) is 23.8 Å². The zero-order chi connectivity index (χ0) is 14.2. The van der Waals surface area contributed by atoms with Gasteiger partial charge in [-0.05, 0) is 40.9 Å². The predicted octanol–water partition coefficient (Wildman–Crippen LogP) is 3.29. The highest BCUT2D eigenvalue weighted by molar-refractivity contribution is 9.10. The Balaban J connectivity index is 0.00000200.